The Bertz CT molecular complexity index is 560. The Labute approximate surface area is 98.1 Å². The van der Waals surface area contributed by atoms with Gasteiger partial charge in [0.15, 0.2) is 5.69 Å². The van der Waals surface area contributed by atoms with Gasteiger partial charge in [-0.2, -0.15) is 5.10 Å². The van der Waals surface area contributed by atoms with Crippen LogP contribution >= 0.6 is 0 Å². The molecule has 0 aliphatic rings. The first-order chi connectivity index (χ1) is 8.24. The lowest BCUT2D eigenvalue weighted by Gasteiger charge is -2.01. The summed E-state index contributed by atoms with van der Waals surface area (Å²) < 4.78 is 1.55. The molecule has 1 N–H and O–H groups in total. The van der Waals surface area contributed by atoms with Crippen LogP contribution in [0.5, 0.6) is 0 Å². The summed E-state index contributed by atoms with van der Waals surface area (Å²) in [5, 5.41) is 6.61. The molecule has 86 valence electrons. The van der Waals surface area contributed by atoms with Crippen LogP contribution in [0, 0.1) is 0 Å². The minimum absolute atomic E-state index is 0.240. The smallest absolute Gasteiger partial charge is 0.271 e. The van der Waals surface area contributed by atoms with E-state index < -0.39 is 0 Å². The molecule has 0 unspecified atom stereocenters. The minimum atomic E-state index is -0.240. The number of amides is 1. The first-order valence-electron chi connectivity index (χ1n) is 5.08. The van der Waals surface area contributed by atoms with Gasteiger partial charge in [-0.15, -0.1) is 0 Å². The Morgan fingerprint density at radius 3 is 2.94 bits per heavy atom. The monoisotopic (exact) mass is 229 g/mol. The van der Waals surface area contributed by atoms with Crippen molar-refractivity contribution in [1.29, 1.82) is 0 Å². The van der Waals surface area contributed by atoms with Gasteiger partial charge >= 0.3 is 0 Å². The van der Waals surface area contributed by atoms with Gasteiger partial charge in [0.05, 0.1) is 5.69 Å². The van der Waals surface area contributed by atoms with Crippen LogP contribution < -0.4 is 5.32 Å². The largest absolute Gasteiger partial charge is 0.354 e. The van der Waals surface area contributed by atoms with E-state index in [-0.39, 0.29) is 5.91 Å². The summed E-state index contributed by atoms with van der Waals surface area (Å²) in [5.74, 6) is -0.240. The van der Waals surface area contributed by atoms with Gasteiger partial charge in [0.1, 0.15) is 6.29 Å². The molecule has 1 amide bonds. The van der Waals surface area contributed by atoms with Crippen molar-refractivity contribution in [2.75, 3.05) is 7.05 Å². The average molecular weight is 229 g/mol. The highest BCUT2D eigenvalue weighted by Gasteiger charge is 2.07. The van der Waals surface area contributed by atoms with Crippen LogP contribution in [0.4, 0.5) is 0 Å². The van der Waals surface area contributed by atoms with Crippen LogP contribution in [-0.4, -0.2) is 29.0 Å². The summed E-state index contributed by atoms with van der Waals surface area (Å²) >= 11 is 0. The number of benzene rings is 1. The molecule has 1 aromatic heterocycles. The standard InChI is InChI=1S/C12H11N3O2/c1-13-12(17)11-5-6-15(14-11)10-4-2-3-9(7-10)8-16/h2-8H,1H3,(H,13,17). The highest BCUT2D eigenvalue weighted by molar-refractivity contribution is 5.91. The van der Waals surface area contributed by atoms with Crippen molar-refractivity contribution in [3.8, 4) is 5.69 Å². The maximum absolute atomic E-state index is 11.3. The summed E-state index contributed by atoms with van der Waals surface area (Å²) in [7, 11) is 1.55. The van der Waals surface area contributed by atoms with Crippen LogP contribution in [0.2, 0.25) is 0 Å². The molecule has 1 aromatic carbocycles. The SMILES string of the molecule is CNC(=O)c1ccn(-c2cccc(C=O)c2)n1. The molecule has 5 heteroatoms. The summed E-state index contributed by atoms with van der Waals surface area (Å²) in [5.41, 5.74) is 1.65. The minimum Gasteiger partial charge on any atom is -0.354 e. The van der Waals surface area contributed by atoms with Crippen LogP contribution in [0.1, 0.15) is 20.8 Å². The Kier molecular flexibility index (Phi) is 3.00. The van der Waals surface area contributed by atoms with Gasteiger partial charge in [-0.05, 0) is 18.2 Å². The van der Waals surface area contributed by atoms with Crippen molar-refractivity contribution in [1.82, 2.24) is 15.1 Å². The van der Waals surface area contributed by atoms with Crippen LogP contribution in [0.25, 0.3) is 5.69 Å². The first-order valence-corrected chi connectivity index (χ1v) is 5.08. The lowest BCUT2D eigenvalue weighted by atomic mass is 10.2. The van der Waals surface area contributed by atoms with E-state index in [4.69, 9.17) is 0 Å². The predicted octanol–water partition coefficient (Wildman–Crippen LogP) is 1.04. The predicted molar refractivity (Wildman–Crippen MR) is 62.3 cm³/mol. The van der Waals surface area contributed by atoms with Crippen LogP contribution in [0.3, 0.4) is 0 Å². The number of carbonyl (C=O) groups excluding carboxylic acids is 2. The van der Waals surface area contributed by atoms with E-state index in [2.05, 4.69) is 10.4 Å². The van der Waals surface area contributed by atoms with Crippen molar-refractivity contribution in [2.45, 2.75) is 0 Å². The lowest BCUT2D eigenvalue weighted by Crippen LogP contribution is -2.18. The number of hydrogen-bond acceptors (Lipinski definition) is 3. The molecule has 0 fully saturated rings. The number of aromatic nitrogens is 2. The van der Waals surface area contributed by atoms with Crippen LogP contribution in [0.15, 0.2) is 36.5 Å². The molecule has 17 heavy (non-hydrogen) atoms. The van der Waals surface area contributed by atoms with Gasteiger partial charge in [-0.1, -0.05) is 12.1 Å². The molecule has 0 aliphatic heterocycles. The van der Waals surface area contributed by atoms with E-state index in [9.17, 15) is 9.59 Å². The molecule has 0 aliphatic carbocycles. The van der Waals surface area contributed by atoms with E-state index in [1.165, 1.54) is 0 Å². The molecule has 0 saturated carbocycles. The number of rotatable bonds is 3. The van der Waals surface area contributed by atoms with Crippen molar-refractivity contribution in [2.24, 2.45) is 0 Å². The number of carbonyl (C=O) groups is 2. The van der Waals surface area contributed by atoms with E-state index in [0.29, 0.717) is 11.3 Å². The summed E-state index contributed by atoms with van der Waals surface area (Å²) in [6, 6.07) is 8.60. The molecular formula is C12H11N3O2. The molecule has 5 nitrogen and oxygen atoms in total. The Balaban J connectivity index is 2.36. The molecule has 0 spiro atoms. The van der Waals surface area contributed by atoms with E-state index in [1.54, 1.807) is 42.2 Å². The molecule has 0 bridgehead atoms. The summed E-state index contributed by atoms with van der Waals surface area (Å²) in [6.07, 6.45) is 2.45. The third kappa shape index (κ3) is 2.23. The van der Waals surface area contributed by atoms with Gasteiger partial charge < -0.3 is 5.32 Å². The topological polar surface area (TPSA) is 64.0 Å². The van der Waals surface area contributed by atoms with E-state index in [0.717, 1.165) is 12.0 Å². The zero-order chi connectivity index (χ0) is 12.3. The van der Waals surface area contributed by atoms with E-state index >= 15 is 0 Å². The zero-order valence-corrected chi connectivity index (χ0v) is 9.25. The fourth-order valence-corrected chi connectivity index (χ4v) is 1.46. The van der Waals surface area contributed by atoms with Crippen molar-refractivity contribution in [3.63, 3.8) is 0 Å². The van der Waals surface area contributed by atoms with Gasteiger partial charge in [-0.3, -0.25) is 9.59 Å². The first kappa shape index (κ1) is 11.1. The van der Waals surface area contributed by atoms with Gasteiger partial charge in [0.25, 0.3) is 5.91 Å². The molecule has 0 atom stereocenters. The molecule has 0 radical (unpaired) electrons. The average Bonchev–Trinajstić information content (AvgIpc) is 2.87. The number of nitrogens with one attached hydrogen (secondary N) is 1. The summed E-state index contributed by atoms with van der Waals surface area (Å²) in [6.45, 7) is 0. The molecular weight excluding hydrogens is 218 g/mol. The fraction of sp³-hybridized carbons (Fsp3) is 0.0833. The number of aldehydes is 1. The highest BCUT2D eigenvalue weighted by Crippen LogP contribution is 2.09. The van der Waals surface area contributed by atoms with Crippen molar-refractivity contribution >= 4 is 12.2 Å². The third-order valence-electron chi connectivity index (χ3n) is 2.32. The Morgan fingerprint density at radius 1 is 1.41 bits per heavy atom. The van der Waals surface area contributed by atoms with Gasteiger partial charge in [0, 0.05) is 18.8 Å². The maximum Gasteiger partial charge on any atom is 0.271 e. The second-order valence-electron chi connectivity index (χ2n) is 3.44. The molecule has 0 saturated heterocycles. The Morgan fingerprint density at radius 2 is 2.24 bits per heavy atom. The van der Waals surface area contributed by atoms with Crippen molar-refractivity contribution < 1.29 is 9.59 Å². The number of hydrogen-bond donors (Lipinski definition) is 1. The fourth-order valence-electron chi connectivity index (χ4n) is 1.46. The summed E-state index contributed by atoms with van der Waals surface area (Å²) in [4.78, 5) is 22.0. The number of nitrogens with zero attached hydrogens (tertiary/aromatic N) is 2. The molecule has 2 aromatic rings. The normalized spacial score (nSPS) is 9.94. The second kappa shape index (κ2) is 4.61. The Hall–Kier alpha value is -2.43. The van der Waals surface area contributed by atoms with Gasteiger partial charge in [-0.25, -0.2) is 4.68 Å². The van der Waals surface area contributed by atoms with Gasteiger partial charge in [0.2, 0.25) is 0 Å². The highest BCUT2D eigenvalue weighted by atomic mass is 16.1. The third-order valence-corrected chi connectivity index (χ3v) is 2.32. The maximum atomic E-state index is 11.3. The molecule has 1 heterocycles. The van der Waals surface area contributed by atoms with Crippen LogP contribution in [-0.2, 0) is 0 Å². The zero-order valence-electron chi connectivity index (χ0n) is 9.25. The quantitative estimate of drug-likeness (QED) is 0.800. The second-order valence-corrected chi connectivity index (χ2v) is 3.44. The van der Waals surface area contributed by atoms with E-state index in [1.807, 2.05) is 6.07 Å². The van der Waals surface area contributed by atoms with Crippen molar-refractivity contribution in [3.05, 3.63) is 47.8 Å². The lowest BCUT2D eigenvalue weighted by molar-refractivity contribution is 0.0957. The molecule has 2 rings (SSSR count).